The summed E-state index contributed by atoms with van der Waals surface area (Å²) in [5.41, 5.74) is 0.389. The van der Waals surface area contributed by atoms with Gasteiger partial charge in [0.05, 0.1) is 25.2 Å². The molecule has 0 aliphatic carbocycles. The second-order valence-electron chi connectivity index (χ2n) is 6.56. The summed E-state index contributed by atoms with van der Waals surface area (Å²) >= 11 is 6.01. The first-order valence-electron chi connectivity index (χ1n) is 9.15. The van der Waals surface area contributed by atoms with Crippen LogP contribution in [0.1, 0.15) is 19.8 Å². The number of nitrogens with one attached hydrogen (secondary N) is 1. The van der Waals surface area contributed by atoms with Gasteiger partial charge in [0.2, 0.25) is 15.9 Å². The molecule has 1 heterocycles. The van der Waals surface area contributed by atoms with Gasteiger partial charge < -0.3 is 10.1 Å². The van der Waals surface area contributed by atoms with Crippen LogP contribution in [0.15, 0.2) is 24.3 Å². The van der Waals surface area contributed by atoms with Gasteiger partial charge in [0.15, 0.2) is 0 Å². The van der Waals surface area contributed by atoms with Crippen LogP contribution in [-0.4, -0.2) is 70.9 Å². The molecule has 1 atom stereocenters. The summed E-state index contributed by atoms with van der Waals surface area (Å²) in [5, 5.41) is 3.29. The van der Waals surface area contributed by atoms with Gasteiger partial charge in [-0.05, 0) is 37.6 Å². The van der Waals surface area contributed by atoms with Crippen LogP contribution >= 0.6 is 11.6 Å². The van der Waals surface area contributed by atoms with Crippen LogP contribution in [0, 0.1) is 0 Å². The molecule has 9 heteroatoms. The molecule has 0 bridgehead atoms. The van der Waals surface area contributed by atoms with Crippen molar-refractivity contribution in [1.29, 1.82) is 0 Å². The molecule has 7 nitrogen and oxygen atoms in total. The Morgan fingerprint density at radius 1 is 1.37 bits per heavy atom. The minimum absolute atomic E-state index is 0.301. The molecule has 1 saturated heterocycles. The summed E-state index contributed by atoms with van der Waals surface area (Å²) in [7, 11) is -3.65. The first-order valence-corrected chi connectivity index (χ1v) is 11.4. The number of hydrogen-bond acceptors (Lipinski definition) is 5. The predicted molar refractivity (Wildman–Crippen MR) is 108 cm³/mol. The van der Waals surface area contributed by atoms with E-state index in [1.807, 2.05) is 0 Å². The normalized spacial score (nSPS) is 16.7. The number of sulfonamides is 1. The maximum atomic E-state index is 12.7. The molecular weight excluding hydrogens is 390 g/mol. The number of benzene rings is 1. The SMILES string of the molecule is CC[C@H](C(=O)NCCCN1CCOCC1)N(c1cccc(Cl)c1)S(C)(=O)=O. The average molecular weight is 418 g/mol. The number of hydrogen-bond donors (Lipinski definition) is 1. The Kier molecular flexibility index (Phi) is 8.34. The lowest BCUT2D eigenvalue weighted by molar-refractivity contribution is -0.122. The van der Waals surface area contributed by atoms with E-state index in [9.17, 15) is 13.2 Å². The fraction of sp³-hybridized carbons (Fsp3) is 0.611. The highest BCUT2D eigenvalue weighted by molar-refractivity contribution is 7.92. The molecule has 1 fully saturated rings. The average Bonchev–Trinajstić information content (AvgIpc) is 2.62. The molecule has 2 rings (SSSR count). The van der Waals surface area contributed by atoms with E-state index >= 15 is 0 Å². The smallest absolute Gasteiger partial charge is 0.243 e. The second-order valence-corrected chi connectivity index (χ2v) is 8.86. The summed E-state index contributed by atoms with van der Waals surface area (Å²) in [6, 6.07) is 5.71. The summed E-state index contributed by atoms with van der Waals surface area (Å²) < 4.78 is 31.2. The van der Waals surface area contributed by atoms with Crippen LogP contribution in [-0.2, 0) is 19.6 Å². The molecule has 1 amide bonds. The van der Waals surface area contributed by atoms with Crippen molar-refractivity contribution < 1.29 is 17.9 Å². The van der Waals surface area contributed by atoms with Gasteiger partial charge in [-0.25, -0.2) is 8.42 Å². The molecule has 1 aliphatic heterocycles. The van der Waals surface area contributed by atoms with Gasteiger partial charge in [-0.3, -0.25) is 14.0 Å². The third-order valence-electron chi connectivity index (χ3n) is 4.45. The Labute approximate surface area is 166 Å². The maximum Gasteiger partial charge on any atom is 0.243 e. The van der Waals surface area contributed by atoms with Crippen molar-refractivity contribution in [3.8, 4) is 0 Å². The summed E-state index contributed by atoms with van der Waals surface area (Å²) in [4.78, 5) is 15.0. The number of carbonyl (C=O) groups is 1. The molecule has 0 unspecified atom stereocenters. The Morgan fingerprint density at radius 2 is 2.07 bits per heavy atom. The van der Waals surface area contributed by atoms with Gasteiger partial charge in [-0.1, -0.05) is 24.6 Å². The van der Waals surface area contributed by atoms with Crippen molar-refractivity contribution in [1.82, 2.24) is 10.2 Å². The zero-order valence-electron chi connectivity index (χ0n) is 15.9. The zero-order chi connectivity index (χ0) is 19.9. The summed E-state index contributed by atoms with van der Waals surface area (Å²) in [6.07, 6.45) is 2.26. The molecule has 0 spiro atoms. The first-order chi connectivity index (χ1) is 12.8. The lowest BCUT2D eigenvalue weighted by atomic mass is 10.2. The van der Waals surface area contributed by atoms with Gasteiger partial charge in [-0.15, -0.1) is 0 Å². The van der Waals surface area contributed by atoms with Crippen LogP contribution in [0.5, 0.6) is 0 Å². The minimum Gasteiger partial charge on any atom is -0.379 e. The first kappa shape index (κ1) is 21.9. The third-order valence-corrected chi connectivity index (χ3v) is 5.86. The van der Waals surface area contributed by atoms with E-state index in [2.05, 4.69) is 10.2 Å². The molecule has 27 heavy (non-hydrogen) atoms. The van der Waals surface area contributed by atoms with E-state index in [-0.39, 0.29) is 5.91 Å². The predicted octanol–water partition coefficient (Wildman–Crippen LogP) is 1.72. The topological polar surface area (TPSA) is 79.0 Å². The second kappa shape index (κ2) is 10.3. The van der Waals surface area contributed by atoms with Crippen molar-refractivity contribution in [3.63, 3.8) is 0 Å². The van der Waals surface area contributed by atoms with Gasteiger partial charge in [0.25, 0.3) is 0 Å². The number of anilines is 1. The van der Waals surface area contributed by atoms with Crippen molar-refractivity contribution in [3.05, 3.63) is 29.3 Å². The van der Waals surface area contributed by atoms with E-state index < -0.39 is 16.1 Å². The highest BCUT2D eigenvalue weighted by Crippen LogP contribution is 2.25. The number of nitrogens with zero attached hydrogens (tertiary/aromatic N) is 2. The minimum atomic E-state index is -3.65. The molecule has 0 saturated carbocycles. The molecule has 1 aliphatic rings. The highest BCUT2D eigenvalue weighted by Gasteiger charge is 2.31. The quantitative estimate of drug-likeness (QED) is 0.619. The zero-order valence-corrected chi connectivity index (χ0v) is 17.4. The van der Waals surface area contributed by atoms with Crippen molar-refractivity contribution in [2.45, 2.75) is 25.8 Å². The number of amides is 1. The summed E-state index contributed by atoms with van der Waals surface area (Å²) in [5.74, 6) is -0.301. The Bertz CT molecular complexity index is 723. The third kappa shape index (κ3) is 6.64. The number of carbonyl (C=O) groups excluding carboxylic acids is 1. The summed E-state index contributed by atoms with van der Waals surface area (Å²) in [6.45, 7) is 6.47. The van der Waals surface area contributed by atoms with Gasteiger partial charge in [0, 0.05) is 24.7 Å². The molecule has 1 N–H and O–H groups in total. The monoisotopic (exact) mass is 417 g/mol. The Balaban J connectivity index is 1.99. The van der Waals surface area contributed by atoms with Crippen LogP contribution in [0.2, 0.25) is 5.02 Å². The molecule has 0 aromatic heterocycles. The fourth-order valence-corrected chi connectivity index (χ4v) is 4.52. The van der Waals surface area contributed by atoms with Crippen LogP contribution in [0.4, 0.5) is 5.69 Å². The number of ether oxygens (including phenoxy) is 1. The lowest BCUT2D eigenvalue weighted by Gasteiger charge is -2.30. The lowest BCUT2D eigenvalue weighted by Crippen LogP contribution is -2.49. The van der Waals surface area contributed by atoms with E-state index in [4.69, 9.17) is 16.3 Å². The molecule has 1 aromatic rings. The van der Waals surface area contributed by atoms with Gasteiger partial charge in [-0.2, -0.15) is 0 Å². The highest BCUT2D eigenvalue weighted by atomic mass is 35.5. The van der Waals surface area contributed by atoms with E-state index in [0.29, 0.717) is 23.7 Å². The van der Waals surface area contributed by atoms with Crippen molar-refractivity contribution in [2.75, 3.05) is 50.0 Å². The molecule has 0 radical (unpaired) electrons. The fourth-order valence-electron chi connectivity index (χ4n) is 3.13. The van der Waals surface area contributed by atoms with Crippen LogP contribution < -0.4 is 9.62 Å². The standard InChI is InChI=1S/C18H28ClN3O4S/c1-3-17(18(23)20-8-5-9-21-10-12-26-13-11-21)22(27(2,24)25)16-7-4-6-15(19)14-16/h4,6-7,14,17H,3,5,8-13H2,1-2H3,(H,20,23)/t17-/m1/s1. The maximum absolute atomic E-state index is 12.7. The number of rotatable bonds is 9. The molecule has 1 aromatic carbocycles. The Hall–Kier alpha value is -1.35. The van der Waals surface area contributed by atoms with Crippen molar-refractivity contribution >= 4 is 33.2 Å². The number of halogens is 1. The van der Waals surface area contributed by atoms with E-state index in [1.165, 1.54) is 0 Å². The van der Waals surface area contributed by atoms with Gasteiger partial charge >= 0.3 is 0 Å². The molecular formula is C18H28ClN3O4S. The number of morpholine rings is 1. The largest absolute Gasteiger partial charge is 0.379 e. The van der Waals surface area contributed by atoms with E-state index in [1.54, 1.807) is 31.2 Å². The van der Waals surface area contributed by atoms with Crippen molar-refractivity contribution in [2.24, 2.45) is 0 Å². The van der Waals surface area contributed by atoms with E-state index in [0.717, 1.165) is 49.8 Å². The van der Waals surface area contributed by atoms with Crippen LogP contribution in [0.25, 0.3) is 0 Å². The Morgan fingerprint density at radius 3 is 2.67 bits per heavy atom. The van der Waals surface area contributed by atoms with Gasteiger partial charge in [0.1, 0.15) is 6.04 Å². The molecule has 152 valence electrons. The van der Waals surface area contributed by atoms with Crippen LogP contribution in [0.3, 0.4) is 0 Å².